The van der Waals surface area contributed by atoms with Crippen molar-refractivity contribution in [1.82, 2.24) is 0 Å². The van der Waals surface area contributed by atoms with E-state index < -0.39 is 50.0 Å². The molecule has 2 aromatic rings. The fourth-order valence-electron chi connectivity index (χ4n) is 3.84. The molecule has 2 aliphatic rings. The first-order chi connectivity index (χ1) is 14.4. The second kappa shape index (κ2) is 7.33. The summed E-state index contributed by atoms with van der Waals surface area (Å²) in [7, 11) is -4.27. The Bertz CT molecular complexity index is 1100. The number of hydrogen-bond acceptors (Lipinski definition) is 5. The average Bonchev–Trinajstić information content (AvgIpc) is 3.00. The van der Waals surface area contributed by atoms with Gasteiger partial charge in [-0.15, -0.1) is 8.78 Å². The summed E-state index contributed by atoms with van der Waals surface area (Å²) in [5.74, 6) is -0.959. The van der Waals surface area contributed by atoms with Gasteiger partial charge in [0.1, 0.15) is 0 Å². The van der Waals surface area contributed by atoms with E-state index in [2.05, 4.69) is 9.47 Å². The van der Waals surface area contributed by atoms with Crippen molar-refractivity contribution in [2.75, 3.05) is 6.61 Å². The predicted molar refractivity (Wildman–Crippen MR) is 97.5 cm³/mol. The van der Waals surface area contributed by atoms with Crippen molar-refractivity contribution in [3.63, 3.8) is 0 Å². The highest BCUT2D eigenvalue weighted by atomic mass is 32.2. The van der Waals surface area contributed by atoms with Crippen LogP contribution in [0.4, 0.5) is 22.0 Å². The van der Waals surface area contributed by atoms with Gasteiger partial charge in [-0.2, -0.15) is 13.2 Å². The lowest BCUT2D eigenvalue weighted by Gasteiger charge is -2.36. The molecule has 0 amide bonds. The molecule has 0 bridgehead atoms. The summed E-state index contributed by atoms with van der Waals surface area (Å²) in [5, 5.41) is -1.23. The van der Waals surface area contributed by atoms with Gasteiger partial charge in [0.2, 0.25) is 0 Å². The molecule has 0 saturated carbocycles. The van der Waals surface area contributed by atoms with E-state index in [1.807, 2.05) is 0 Å². The Morgan fingerprint density at radius 1 is 1.03 bits per heavy atom. The Morgan fingerprint density at radius 2 is 1.74 bits per heavy atom. The third kappa shape index (κ3) is 4.08. The Labute approximate surface area is 174 Å². The number of hydrogen-bond donors (Lipinski definition) is 0. The van der Waals surface area contributed by atoms with Crippen molar-refractivity contribution in [3.05, 3.63) is 53.6 Å². The number of ether oxygens (including phenoxy) is 3. The van der Waals surface area contributed by atoms with Crippen LogP contribution in [0.3, 0.4) is 0 Å². The molecular formula is C20H17F5O5S. The number of benzene rings is 2. The maximum absolute atomic E-state index is 13.4. The van der Waals surface area contributed by atoms with E-state index in [4.69, 9.17) is 4.74 Å². The number of sulfone groups is 1. The van der Waals surface area contributed by atoms with Crippen LogP contribution in [0, 0.1) is 5.92 Å². The van der Waals surface area contributed by atoms with Crippen LogP contribution in [0.5, 0.6) is 11.5 Å². The maximum Gasteiger partial charge on any atom is 0.586 e. The van der Waals surface area contributed by atoms with Crippen molar-refractivity contribution >= 4 is 9.84 Å². The van der Waals surface area contributed by atoms with Crippen molar-refractivity contribution in [2.24, 2.45) is 5.92 Å². The minimum Gasteiger partial charge on any atom is -0.395 e. The van der Waals surface area contributed by atoms with Crippen LogP contribution < -0.4 is 9.47 Å². The highest BCUT2D eigenvalue weighted by molar-refractivity contribution is 7.92. The molecule has 2 aromatic carbocycles. The maximum atomic E-state index is 13.4. The third-order valence-corrected chi connectivity index (χ3v) is 7.67. The van der Waals surface area contributed by atoms with E-state index in [-0.39, 0.29) is 23.7 Å². The van der Waals surface area contributed by atoms with Gasteiger partial charge in [-0.05, 0) is 48.2 Å². The lowest BCUT2D eigenvalue weighted by molar-refractivity contribution is -0.286. The van der Waals surface area contributed by atoms with Gasteiger partial charge in [0, 0.05) is 6.61 Å². The molecule has 11 heteroatoms. The van der Waals surface area contributed by atoms with Crippen molar-refractivity contribution in [2.45, 2.75) is 42.1 Å². The zero-order chi connectivity index (χ0) is 22.6. The topological polar surface area (TPSA) is 61.8 Å². The van der Waals surface area contributed by atoms with Gasteiger partial charge in [-0.3, -0.25) is 0 Å². The minimum atomic E-state index is -4.71. The van der Waals surface area contributed by atoms with Crippen LogP contribution in [0.1, 0.15) is 30.6 Å². The van der Waals surface area contributed by atoms with Gasteiger partial charge in [-0.1, -0.05) is 19.1 Å². The normalized spacial score (nSPS) is 25.4. The zero-order valence-electron chi connectivity index (χ0n) is 16.0. The highest BCUT2D eigenvalue weighted by Gasteiger charge is 2.46. The summed E-state index contributed by atoms with van der Waals surface area (Å²) >= 11 is 0. The molecule has 4 rings (SSSR count). The lowest BCUT2D eigenvalue weighted by atomic mass is 9.92. The zero-order valence-corrected chi connectivity index (χ0v) is 16.8. The van der Waals surface area contributed by atoms with Crippen LogP contribution >= 0.6 is 0 Å². The van der Waals surface area contributed by atoms with E-state index in [9.17, 15) is 30.4 Å². The second-order valence-corrected chi connectivity index (χ2v) is 9.57. The van der Waals surface area contributed by atoms with Crippen molar-refractivity contribution in [3.8, 4) is 11.5 Å². The molecule has 1 saturated heterocycles. The van der Waals surface area contributed by atoms with Gasteiger partial charge >= 0.3 is 12.5 Å². The smallest absolute Gasteiger partial charge is 0.395 e. The van der Waals surface area contributed by atoms with E-state index in [0.29, 0.717) is 12.5 Å². The fourth-order valence-corrected chi connectivity index (χ4v) is 6.02. The number of alkyl halides is 5. The SMILES string of the molecule is CC1CCOC(c2ccc3c(c2)OC(F)(F)O3)C1S(=O)(=O)c1cccc(C(F)(F)F)c1. The molecule has 0 spiro atoms. The summed E-state index contributed by atoms with van der Waals surface area (Å²) in [6.45, 7) is 1.86. The molecule has 31 heavy (non-hydrogen) atoms. The fraction of sp³-hybridized carbons (Fsp3) is 0.400. The number of rotatable bonds is 3. The molecule has 2 heterocycles. The number of halogens is 5. The predicted octanol–water partition coefficient (Wildman–Crippen LogP) is 4.97. The first-order valence-electron chi connectivity index (χ1n) is 9.31. The molecule has 0 radical (unpaired) electrons. The van der Waals surface area contributed by atoms with E-state index in [1.54, 1.807) is 6.92 Å². The standard InChI is InChI=1S/C20H17F5O5S/c1-11-7-8-28-17(12-5-6-15-16(9-12)30-20(24,25)29-15)18(11)31(26,27)14-4-2-3-13(10-14)19(21,22)23/h2-6,9-11,17-18H,7-8H2,1H3. The summed E-state index contributed by atoms with van der Waals surface area (Å²) in [4.78, 5) is -0.484. The number of fused-ring (bicyclic) bond motifs is 1. The monoisotopic (exact) mass is 464 g/mol. The summed E-state index contributed by atoms with van der Waals surface area (Å²) in [5.41, 5.74) is -0.841. The molecule has 1 fully saturated rings. The Morgan fingerprint density at radius 3 is 2.45 bits per heavy atom. The van der Waals surface area contributed by atoms with Crippen LogP contribution in [0.2, 0.25) is 0 Å². The molecular weight excluding hydrogens is 447 g/mol. The summed E-state index contributed by atoms with van der Waals surface area (Å²) in [6, 6.07) is 7.30. The molecule has 5 nitrogen and oxygen atoms in total. The van der Waals surface area contributed by atoms with Gasteiger partial charge in [0.05, 0.1) is 21.8 Å². The van der Waals surface area contributed by atoms with E-state index in [1.165, 1.54) is 18.2 Å². The highest BCUT2D eigenvalue weighted by Crippen LogP contribution is 2.45. The van der Waals surface area contributed by atoms with Crippen molar-refractivity contribution < 1.29 is 44.6 Å². The average molecular weight is 464 g/mol. The van der Waals surface area contributed by atoms with E-state index >= 15 is 0 Å². The summed E-state index contributed by atoms with van der Waals surface area (Å²) in [6.07, 6.45) is -9.28. The molecule has 0 aliphatic carbocycles. The Hall–Kier alpha value is -2.40. The Kier molecular flexibility index (Phi) is 5.16. The molecule has 3 unspecified atom stereocenters. The van der Waals surface area contributed by atoms with Gasteiger partial charge in [-0.25, -0.2) is 8.42 Å². The van der Waals surface area contributed by atoms with Crippen molar-refractivity contribution in [1.29, 1.82) is 0 Å². The lowest BCUT2D eigenvalue weighted by Crippen LogP contribution is -2.40. The van der Waals surface area contributed by atoms with Gasteiger partial charge < -0.3 is 14.2 Å². The van der Waals surface area contributed by atoms with Crippen LogP contribution in [0.15, 0.2) is 47.4 Å². The minimum absolute atomic E-state index is 0.199. The molecule has 2 aliphatic heterocycles. The third-order valence-electron chi connectivity index (χ3n) is 5.33. The second-order valence-electron chi connectivity index (χ2n) is 7.47. The van der Waals surface area contributed by atoms with E-state index in [0.717, 1.165) is 18.2 Å². The molecule has 3 atom stereocenters. The first-order valence-corrected chi connectivity index (χ1v) is 10.9. The Balaban J connectivity index is 1.74. The van der Waals surface area contributed by atoms with Crippen LogP contribution in [0.25, 0.3) is 0 Å². The first kappa shape index (κ1) is 21.8. The van der Waals surface area contributed by atoms with Crippen LogP contribution in [-0.2, 0) is 20.8 Å². The quantitative estimate of drug-likeness (QED) is 0.601. The van der Waals surface area contributed by atoms with Gasteiger partial charge in [0.25, 0.3) is 0 Å². The van der Waals surface area contributed by atoms with Crippen LogP contribution in [-0.4, -0.2) is 26.6 Å². The summed E-state index contributed by atoms with van der Waals surface area (Å²) < 4.78 is 107. The van der Waals surface area contributed by atoms with Gasteiger partial charge in [0.15, 0.2) is 21.3 Å². The largest absolute Gasteiger partial charge is 0.586 e. The molecule has 0 aromatic heterocycles. The molecule has 168 valence electrons. The molecule has 0 N–H and O–H groups in total.